The van der Waals surface area contributed by atoms with E-state index in [0.717, 1.165) is 29.7 Å². The Hall–Kier alpha value is -2.16. The van der Waals surface area contributed by atoms with Gasteiger partial charge in [-0.1, -0.05) is 36.2 Å². The molecular formula is C18H20N2O. The van der Waals surface area contributed by atoms with Crippen molar-refractivity contribution in [2.24, 2.45) is 5.92 Å². The number of amides is 1. The number of nitrogens with zero attached hydrogens (tertiary/aromatic N) is 1. The summed E-state index contributed by atoms with van der Waals surface area (Å²) < 4.78 is 0. The van der Waals surface area contributed by atoms with Gasteiger partial charge in [0.05, 0.1) is 5.69 Å². The Morgan fingerprint density at radius 3 is 2.86 bits per heavy atom. The number of aryl methyl sites for hydroxylation is 1. The fourth-order valence-electron chi connectivity index (χ4n) is 2.63. The summed E-state index contributed by atoms with van der Waals surface area (Å²) in [7, 11) is 0. The molecule has 0 atom stereocenters. The SMILES string of the molecule is Cc1cccc(-c2ncccc2CNC(=O)C2CCC2)c1. The lowest BCUT2D eigenvalue weighted by atomic mass is 9.85. The van der Waals surface area contributed by atoms with E-state index in [-0.39, 0.29) is 11.8 Å². The molecule has 2 aromatic rings. The third kappa shape index (κ3) is 3.13. The number of aromatic nitrogens is 1. The average Bonchev–Trinajstić information content (AvgIpc) is 2.43. The third-order valence-corrected chi connectivity index (χ3v) is 4.11. The summed E-state index contributed by atoms with van der Waals surface area (Å²) in [5, 5.41) is 3.05. The van der Waals surface area contributed by atoms with Gasteiger partial charge >= 0.3 is 0 Å². The van der Waals surface area contributed by atoms with E-state index >= 15 is 0 Å². The van der Waals surface area contributed by atoms with Crippen LogP contribution in [-0.4, -0.2) is 10.9 Å². The zero-order valence-corrected chi connectivity index (χ0v) is 12.3. The molecule has 3 heteroatoms. The van der Waals surface area contributed by atoms with E-state index < -0.39 is 0 Å². The first-order valence-electron chi connectivity index (χ1n) is 7.52. The van der Waals surface area contributed by atoms with Crippen LogP contribution in [0.25, 0.3) is 11.3 Å². The van der Waals surface area contributed by atoms with Crippen molar-refractivity contribution < 1.29 is 4.79 Å². The Morgan fingerprint density at radius 1 is 1.29 bits per heavy atom. The molecular weight excluding hydrogens is 260 g/mol. The minimum absolute atomic E-state index is 0.181. The molecule has 0 spiro atoms. The highest BCUT2D eigenvalue weighted by molar-refractivity contribution is 5.79. The van der Waals surface area contributed by atoms with Gasteiger partial charge in [-0.15, -0.1) is 0 Å². The van der Waals surface area contributed by atoms with Crippen LogP contribution in [0.3, 0.4) is 0 Å². The zero-order chi connectivity index (χ0) is 14.7. The molecule has 1 aliphatic carbocycles. The van der Waals surface area contributed by atoms with Gasteiger partial charge in [-0.05, 0) is 37.5 Å². The standard InChI is InChI=1S/C18H20N2O/c1-13-5-2-8-15(11-13)17-16(9-4-10-19-17)12-20-18(21)14-6-3-7-14/h2,4-5,8-11,14H,3,6-7,12H2,1H3,(H,20,21). The number of rotatable bonds is 4. The summed E-state index contributed by atoms with van der Waals surface area (Å²) in [5.41, 5.74) is 4.33. The summed E-state index contributed by atoms with van der Waals surface area (Å²) in [4.78, 5) is 16.5. The molecule has 0 aliphatic heterocycles. The zero-order valence-electron chi connectivity index (χ0n) is 12.3. The van der Waals surface area contributed by atoms with Crippen molar-refractivity contribution in [1.82, 2.24) is 10.3 Å². The highest BCUT2D eigenvalue weighted by Crippen LogP contribution is 2.27. The second kappa shape index (κ2) is 6.08. The second-order valence-electron chi connectivity index (χ2n) is 5.73. The van der Waals surface area contributed by atoms with Crippen molar-refractivity contribution in [3.63, 3.8) is 0 Å². The normalized spacial score (nSPS) is 14.5. The van der Waals surface area contributed by atoms with Crippen LogP contribution in [0.4, 0.5) is 0 Å². The number of benzene rings is 1. The molecule has 0 unspecified atom stereocenters. The quantitative estimate of drug-likeness (QED) is 0.931. The number of hydrogen-bond acceptors (Lipinski definition) is 2. The molecule has 3 nitrogen and oxygen atoms in total. The third-order valence-electron chi connectivity index (χ3n) is 4.11. The Morgan fingerprint density at radius 2 is 2.14 bits per heavy atom. The molecule has 1 aromatic carbocycles. The largest absolute Gasteiger partial charge is 0.352 e. The molecule has 1 heterocycles. The number of hydrogen-bond donors (Lipinski definition) is 1. The molecule has 0 bridgehead atoms. The van der Waals surface area contributed by atoms with Crippen LogP contribution in [0.5, 0.6) is 0 Å². The fraction of sp³-hybridized carbons (Fsp3) is 0.333. The predicted molar refractivity (Wildman–Crippen MR) is 83.6 cm³/mol. The van der Waals surface area contributed by atoms with E-state index in [9.17, 15) is 4.79 Å². The Balaban J connectivity index is 1.77. The molecule has 1 amide bonds. The topological polar surface area (TPSA) is 42.0 Å². The van der Waals surface area contributed by atoms with E-state index in [4.69, 9.17) is 0 Å². The van der Waals surface area contributed by atoms with E-state index in [0.29, 0.717) is 6.54 Å². The first kappa shape index (κ1) is 13.8. The lowest BCUT2D eigenvalue weighted by molar-refractivity contribution is -0.127. The van der Waals surface area contributed by atoms with Crippen LogP contribution < -0.4 is 5.32 Å². The minimum Gasteiger partial charge on any atom is -0.352 e. The van der Waals surface area contributed by atoms with E-state index in [2.05, 4.69) is 35.4 Å². The van der Waals surface area contributed by atoms with Crippen molar-refractivity contribution >= 4 is 5.91 Å². The monoisotopic (exact) mass is 280 g/mol. The van der Waals surface area contributed by atoms with Gasteiger partial charge in [0.25, 0.3) is 0 Å². The van der Waals surface area contributed by atoms with Crippen LogP contribution in [0.15, 0.2) is 42.6 Å². The predicted octanol–water partition coefficient (Wildman–Crippen LogP) is 3.47. The maximum absolute atomic E-state index is 12.0. The van der Waals surface area contributed by atoms with Gasteiger partial charge in [-0.2, -0.15) is 0 Å². The summed E-state index contributed by atoms with van der Waals surface area (Å²) in [6, 6.07) is 12.3. The fourth-order valence-corrected chi connectivity index (χ4v) is 2.63. The van der Waals surface area contributed by atoms with Gasteiger partial charge in [0, 0.05) is 24.2 Å². The van der Waals surface area contributed by atoms with Gasteiger partial charge in [0.15, 0.2) is 0 Å². The lowest BCUT2D eigenvalue weighted by Gasteiger charge is -2.24. The summed E-state index contributed by atoms with van der Waals surface area (Å²) >= 11 is 0. The van der Waals surface area contributed by atoms with Crippen molar-refractivity contribution in [2.75, 3.05) is 0 Å². The van der Waals surface area contributed by atoms with Crippen LogP contribution in [-0.2, 0) is 11.3 Å². The molecule has 1 saturated carbocycles. The molecule has 0 saturated heterocycles. The van der Waals surface area contributed by atoms with Gasteiger partial charge in [0.1, 0.15) is 0 Å². The van der Waals surface area contributed by atoms with Crippen LogP contribution in [0, 0.1) is 12.8 Å². The van der Waals surface area contributed by atoms with Gasteiger partial charge in [-0.3, -0.25) is 9.78 Å². The highest BCUT2D eigenvalue weighted by atomic mass is 16.1. The maximum atomic E-state index is 12.0. The van der Waals surface area contributed by atoms with Crippen molar-refractivity contribution in [3.8, 4) is 11.3 Å². The molecule has 1 aromatic heterocycles. The molecule has 1 aliphatic rings. The second-order valence-corrected chi connectivity index (χ2v) is 5.73. The van der Waals surface area contributed by atoms with Gasteiger partial charge in [-0.25, -0.2) is 0 Å². The molecule has 108 valence electrons. The average molecular weight is 280 g/mol. The number of carbonyl (C=O) groups is 1. The number of carbonyl (C=O) groups excluding carboxylic acids is 1. The Kier molecular flexibility index (Phi) is 4.00. The lowest BCUT2D eigenvalue weighted by Crippen LogP contribution is -2.34. The van der Waals surface area contributed by atoms with Gasteiger partial charge in [0.2, 0.25) is 5.91 Å². The van der Waals surface area contributed by atoms with E-state index in [1.165, 1.54) is 12.0 Å². The first-order chi connectivity index (χ1) is 10.2. The Bertz CT molecular complexity index is 647. The maximum Gasteiger partial charge on any atom is 0.223 e. The smallest absolute Gasteiger partial charge is 0.223 e. The minimum atomic E-state index is 0.181. The van der Waals surface area contributed by atoms with Crippen LogP contribution >= 0.6 is 0 Å². The number of pyridine rings is 1. The number of nitrogens with one attached hydrogen (secondary N) is 1. The van der Waals surface area contributed by atoms with E-state index in [1.54, 1.807) is 6.20 Å². The molecule has 21 heavy (non-hydrogen) atoms. The molecule has 3 rings (SSSR count). The molecule has 0 radical (unpaired) electrons. The van der Waals surface area contributed by atoms with Crippen molar-refractivity contribution in [3.05, 3.63) is 53.7 Å². The Labute approximate surface area is 125 Å². The van der Waals surface area contributed by atoms with Gasteiger partial charge < -0.3 is 5.32 Å². The highest BCUT2D eigenvalue weighted by Gasteiger charge is 2.24. The summed E-state index contributed by atoms with van der Waals surface area (Å²) in [6.45, 7) is 2.62. The summed E-state index contributed by atoms with van der Waals surface area (Å²) in [6.07, 6.45) is 5.04. The molecule has 1 fully saturated rings. The van der Waals surface area contributed by atoms with Crippen LogP contribution in [0.1, 0.15) is 30.4 Å². The molecule has 1 N–H and O–H groups in total. The van der Waals surface area contributed by atoms with Crippen molar-refractivity contribution in [1.29, 1.82) is 0 Å². The van der Waals surface area contributed by atoms with Crippen molar-refractivity contribution in [2.45, 2.75) is 32.7 Å². The summed E-state index contributed by atoms with van der Waals surface area (Å²) in [5.74, 6) is 0.407. The van der Waals surface area contributed by atoms with E-state index in [1.807, 2.05) is 18.2 Å². The van der Waals surface area contributed by atoms with Crippen LogP contribution in [0.2, 0.25) is 0 Å². The first-order valence-corrected chi connectivity index (χ1v) is 7.52.